The molecule has 0 fully saturated rings. The normalized spacial score (nSPS) is 10.7. The average molecular weight is 487 g/mol. The van der Waals surface area contributed by atoms with Crippen LogP contribution in [-0.2, 0) is 24.9 Å². The summed E-state index contributed by atoms with van der Waals surface area (Å²) < 4.78 is 7.20. The Morgan fingerprint density at radius 2 is 2.04 bits per heavy atom. The van der Waals surface area contributed by atoms with E-state index in [1.165, 1.54) is 6.33 Å². The van der Waals surface area contributed by atoms with Gasteiger partial charge >= 0.3 is 0 Å². The largest absolute Gasteiger partial charge is 0.484 e. The minimum atomic E-state index is -0.135. The van der Waals surface area contributed by atoms with E-state index in [0.29, 0.717) is 31.3 Å². The highest BCUT2D eigenvalue weighted by Gasteiger charge is 2.05. The lowest BCUT2D eigenvalue weighted by Crippen LogP contribution is -2.36. The third-order valence-corrected chi connectivity index (χ3v) is 3.54. The number of rotatable bonds is 8. The first kappa shape index (κ1) is 22.7. The zero-order valence-electron chi connectivity index (χ0n) is 15.7. The number of nitrogens with zero attached hydrogens (tertiary/aromatic N) is 4. The van der Waals surface area contributed by atoms with E-state index in [0.717, 1.165) is 11.4 Å². The number of ether oxygens (including phenoxy) is 1. The molecule has 1 aromatic heterocycles. The van der Waals surface area contributed by atoms with Crippen LogP contribution >= 0.6 is 24.0 Å². The summed E-state index contributed by atoms with van der Waals surface area (Å²) >= 11 is 0. The van der Waals surface area contributed by atoms with Gasteiger partial charge in [0.2, 0.25) is 0 Å². The fourth-order valence-electron chi connectivity index (χ4n) is 2.19. The van der Waals surface area contributed by atoms with Crippen molar-refractivity contribution in [2.24, 2.45) is 12.0 Å². The first-order valence-corrected chi connectivity index (χ1v) is 8.38. The van der Waals surface area contributed by atoms with Crippen molar-refractivity contribution in [3.8, 4) is 5.75 Å². The van der Waals surface area contributed by atoms with Crippen LogP contribution in [0.3, 0.4) is 0 Å². The number of guanidine groups is 1. The van der Waals surface area contributed by atoms with Gasteiger partial charge in [0.1, 0.15) is 17.9 Å². The van der Waals surface area contributed by atoms with Gasteiger partial charge in [0.25, 0.3) is 5.91 Å². The van der Waals surface area contributed by atoms with Crippen LogP contribution in [-0.4, -0.2) is 46.8 Å². The quantitative estimate of drug-likeness (QED) is 0.289. The van der Waals surface area contributed by atoms with Gasteiger partial charge in [-0.25, -0.2) is 4.98 Å². The molecule has 1 amide bonds. The Balaban J connectivity index is 0.00000364. The minimum absolute atomic E-state index is 0. The van der Waals surface area contributed by atoms with Crippen LogP contribution in [0.5, 0.6) is 5.75 Å². The molecule has 0 aliphatic rings. The summed E-state index contributed by atoms with van der Waals surface area (Å²) in [5.74, 6) is 1.98. The van der Waals surface area contributed by atoms with Crippen LogP contribution in [0.15, 0.2) is 35.6 Å². The maximum atomic E-state index is 11.5. The summed E-state index contributed by atoms with van der Waals surface area (Å²) in [5, 5.41) is 13.1. The summed E-state index contributed by atoms with van der Waals surface area (Å²) in [6.45, 7) is 3.55. The molecule has 0 unspecified atom stereocenters. The Morgan fingerprint density at radius 3 is 2.70 bits per heavy atom. The van der Waals surface area contributed by atoms with Crippen LogP contribution in [0.2, 0.25) is 0 Å². The summed E-state index contributed by atoms with van der Waals surface area (Å²) in [4.78, 5) is 19.8. The standard InChI is InChI=1S/C17H25N7O2.HI/c1-4-19-16(25)11-26-14-7-5-6-13(8-14)9-20-17(18-2)21-10-15-22-12-23-24(15)3;/h5-8,12H,4,9-11H2,1-3H3,(H,19,25)(H2,18,20,21);1H. The molecule has 0 bridgehead atoms. The van der Waals surface area contributed by atoms with E-state index in [1.807, 2.05) is 38.2 Å². The zero-order chi connectivity index (χ0) is 18.8. The summed E-state index contributed by atoms with van der Waals surface area (Å²) in [7, 11) is 3.55. The van der Waals surface area contributed by atoms with Gasteiger partial charge in [-0.3, -0.25) is 14.5 Å². The van der Waals surface area contributed by atoms with Gasteiger partial charge in [0.05, 0.1) is 6.54 Å². The Hall–Kier alpha value is -2.37. The first-order chi connectivity index (χ1) is 12.6. The lowest BCUT2D eigenvalue weighted by molar-refractivity contribution is -0.122. The van der Waals surface area contributed by atoms with E-state index in [9.17, 15) is 4.79 Å². The van der Waals surface area contributed by atoms with Crippen molar-refractivity contribution in [3.63, 3.8) is 0 Å². The van der Waals surface area contributed by atoms with Gasteiger partial charge in [0.15, 0.2) is 12.6 Å². The number of nitrogens with one attached hydrogen (secondary N) is 3. The van der Waals surface area contributed by atoms with Crippen molar-refractivity contribution >= 4 is 35.8 Å². The van der Waals surface area contributed by atoms with E-state index in [4.69, 9.17) is 4.74 Å². The van der Waals surface area contributed by atoms with Crippen molar-refractivity contribution in [1.82, 2.24) is 30.7 Å². The summed E-state index contributed by atoms with van der Waals surface area (Å²) in [5.41, 5.74) is 1.01. The molecular weight excluding hydrogens is 461 g/mol. The van der Waals surface area contributed by atoms with E-state index in [-0.39, 0.29) is 36.5 Å². The van der Waals surface area contributed by atoms with Crippen molar-refractivity contribution in [1.29, 1.82) is 0 Å². The van der Waals surface area contributed by atoms with Crippen molar-refractivity contribution < 1.29 is 9.53 Å². The number of amides is 1. The highest BCUT2D eigenvalue weighted by atomic mass is 127. The zero-order valence-corrected chi connectivity index (χ0v) is 18.1. The van der Waals surface area contributed by atoms with Gasteiger partial charge < -0.3 is 20.7 Å². The van der Waals surface area contributed by atoms with Crippen molar-refractivity contribution in [2.75, 3.05) is 20.2 Å². The Kier molecular flexibility index (Phi) is 10.2. The summed E-state index contributed by atoms with van der Waals surface area (Å²) in [6, 6.07) is 7.58. The second-order valence-corrected chi connectivity index (χ2v) is 5.47. The number of halogens is 1. The van der Waals surface area contributed by atoms with E-state index < -0.39 is 0 Å². The number of likely N-dealkylation sites (N-methyl/N-ethyl adjacent to an activating group) is 1. The van der Waals surface area contributed by atoms with Gasteiger partial charge in [-0.15, -0.1) is 24.0 Å². The molecule has 3 N–H and O–H groups in total. The number of hydrogen-bond acceptors (Lipinski definition) is 5. The highest BCUT2D eigenvalue weighted by Crippen LogP contribution is 2.13. The fraction of sp³-hybridized carbons (Fsp3) is 0.412. The average Bonchev–Trinajstić information content (AvgIpc) is 3.06. The molecule has 27 heavy (non-hydrogen) atoms. The topological polar surface area (TPSA) is 105 Å². The highest BCUT2D eigenvalue weighted by molar-refractivity contribution is 14.0. The maximum absolute atomic E-state index is 11.5. The molecule has 0 aliphatic heterocycles. The Morgan fingerprint density at radius 1 is 1.26 bits per heavy atom. The molecule has 1 heterocycles. The number of aryl methyl sites for hydroxylation is 1. The van der Waals surface area contributed by atoms with Gasteiger partial charge in [-0.2, -0.15) is 5.10 Å². The van der Waals surface area contributed by atoms with Crippen molar-refractivity contribution in [3.05, 3.63) is 42.0 Å². The Labute approximate surface area is 176 Å². The molecule has 0 saturated heterocycles. The fourth-order valence-corrected chi connectivity index (χ4v) is 2.19. The van der Waals surface area contributed by atoms with Crippen LogP contribution in [0.1, 0.15) is 18.3 Å². The molecule has 0 aliphatic carbocycles. The molecule has 0 atom stereocenters. The molecule has 1 aromatic carbocycles. The monoisotopic (exact) mass is 487 g/mol. The number of carbonyl (C=O) groups excluding carboxylic acids is 1. The van der Waals surface area contributed by atoms with Crippen molar-refractivity contribution in [2.45, 2.75) is 20.0 Å². The molecule has 9 nitrogen and oxygen atoms in total. The molecule has 10 heteroatoms. The number of aromatic nitrogens is 3. The molecule has 2 aromatic rings. The number of benzene rings is 1. The SMILES string of the molecule is CCNC(=O)COc1cccc(CNC(=NC)NCc2ncnn2C)c1.I. The molecule has 148 valence electrons. The third kappa shape index (κ3) is 7.81. The Bertz CT molecular complexity index is 748. The predicted octanol–water partition coefficient (Wildman–Crippen LogP) is 0.813. The van der Waals surface area contributed by atoms with Gasteiger partial charge in [-0.05, 0) is 24.6 Å². The van der Waals surface area contributed by atoms with E-state index in [1.54, 1.807) is 11.7 Å². The second kappa shape index (κ2) is 12.1. The van der Waals surface area contributed by atoms with E-state index in [2.05, 4.69) is 31.0 Å². The van der Waals surface area contributed by atoms with Crippen LogP contribution < -0.4 is 20.7 Å². The maximum Gasteiger partial charge on any atom is 0.257 e. The molecule has 2 rings (SSSR count). The first-order valence-electron chi connectivity index (χ1n) is 8.38. The van der Waals surface area contributed by atoms with E-state index >= 15 is 0 Å². The molecule has 0 saturated carbocycles. The lowest BCUT2D eigenvalue weighted by atomic mass is 10.2. The molecular formula is C17H26IN7O2. The minimum Gasteiger partial charge on any atom is -0.484 e. The van der Waals surface area contributed by atoms with Crippen LogP contribution in [0, 0.1) is 0 Å². The third-order valence-electron chi connectivity index (χ3n) is 3.54. The number of carbonyl (C=O) groups is 1. The van der Waals surface area contributed by atoms with Crippen LogP contribution in [0.4, 0.5) is 0 Å². The molecule has 0 spiro atoms. The summed E-state index contributed by atoms with van der Waals surface area (Å²) in [6.07, 6.45) is 1.51. The number of aliphatic imine (C=N–C) groups is 1. The lowest BCUT2D eigenvalue weighted by Gasteiger charge is -2.12. The predicted molar refractivity (Wildman–Crippen MR) is 114 cm³/mol. The molecule has 0 radical (unpaired) electrons. The number of hydrogen-bond donors (Lipinski definition) is 3. The van der Waals surface area contributed by atoms with Gasteiger partial charge in [0, 0.05) is 27.2 Å². The smallest absolute Gasteiger partial charge is 0.257 e. The van der Waals surface area contributed by atoms with Crippen LogP contribution in [0.25, 0.3) is 0 Å². The van der Waals surface area contributed by atoms with Gasteiger partial charge in [-0.1, -0.05) is 12.1 Å². The second-order valence-electron chi connectivity index (χ2n) is 5.47.